The summed E-state index contributed by atoms with van der Waals surface area (Å²) < 4.78 is 11.2. The number of anilines is 1. The van der Waals surface area contributed by atoms with E-state index in [-0.39, 0.29) is 17.1 Å². The van der Waals surface area contributed by atoms with Crippen LogP contribution in [-0.4, -0.2) is 34.7 Å². The Morgan fingerprint density at radius 1 is 1.53 bits per heavy atom. The van der Waals surface area contributed by atoms with Gasteiger partial charge in [0.15, 0.2) is 0 Å². The molecule has 2 rings (SSSR count). The molecule has 1 aromatic carbocycles. The summed E-state index contributed by atoms with van der Waals surface area (Å²) in [7, 11) is -0.827. The van der Waals surface area contributed by atoms with Crippen molar-refractivity contribution in [3.05, 3.63) is 29.8 Å². The molecule has 0 saturated heterocycles. The van der Waals surface area contributed by atoms with Crippen LogP contribution in [0.5, 0.6) is 0 Å². The van der Waals surface area contributed by atoms with E-state index < -0.39 is 10.8 Å². The fourth-order valence-corrected chi connectivity index (χ4v) is 2.66. The van der Waals surface area contributed by atoms with E-state index in [0.717, 1.165) is 17.7 Å². The maximum atomic E-state index is 12.1. The normalized spacial score (nSPS) is 20.2. The number of rotatable bonds is 5. The van der Waals surface area contributed by atoms with Crippen molar-refractivity contribution in [2.45, 2.75) is 24.5 Å². The highest BCUT2D eigenvalue weighted by Gasteiger charge is 2.27. The summed E-state index contributed by atoms with van der Waals surface area (Å²) in [5.41, 5.74) is 2.11. The molecule has 1 amide bonds. The second-order valence-electron chi connectivity index (χ2n) is 4.91. The van der Waals surface area contributed by atoms with E-state index in [1.54, 1.807) is 6.26 Å². The van der Waals surface area contributed by atoms with Gasteiger partial charge in [-0.2, -0.15) is 0 Å². The van der Waals surface area contributed by atoms with E-state index in [1.165, 1.54) is 0 Å². The summed E-state index contributed by atoms with van der Waals surface area (Å²) in [6.07, 6.45) is 2.44. The first kappa shape index (κ1) is 14.1. The van der Waals surface area contributed by atoms with Crippen LogP contribution in [0.3, 0.4) is 0 Å². The second kappa shape index (κ2) is 6.19. The molecule has 1 aromatic rings. The summed E-state index contributed by atoms with van der Waals surface area (Å²) >= 11 is 0. The van der Waals surface area contributed by atoms with Crippen LogP contribution in [-0.2, 0) is 15.6 Å². The number of carbonyl (C=O) groups is 1. The van der Waals surface area contributed by atoms with Gasteiger partial charge in [0.25, 0.3) is 0 Å². The topological polar surface area (TPSA) is 58.2 Å². The molecule has 19 heavy (non-hydrogen) atoms. The third kappa shape index (κ3) is 3.35. The second-order valence-corrected chi connectivity index (χ2v) is 6.71. The predicted molar refractivity (Wildman–Crippen MR) is 78.8 cm³/mol. The van der Waals surface area contributed by atoms with Gasteiger partial charge in [0.1, 0.15) is 0 Å². The number of benzene rings is 1. The Kier molecular flexibility index (Phi) is 4.58. The monoisotopic (exact) mass is 280 g/mol. The zero-order valence-electron chi connectivity index (χ0n) is 11.3. The van der Waals surface area contributed by atoms with E-state index in [4.69, 9.17) is 0 Å². The number of amides is 1. The average Bonchev–Trinajstić information content (AvgIpc) is 2.82. The van der Waals surface area contributed by atoms with E-state index in [9.17, 15) is 9.00 Å². The number of para-hydroxylation sites is 1. The minimum atomic E-state index is -0.827. The van der Waals surface area contributed by atoms with Crippen LogP contribution < -0.4 is 10.6 Å². The van der Waals surface area contributed by atoms with Crippen LogP contribution in [0.4, 0.5) is 5.69 Å². The third-order valence-corrected chi connectivity index (χ3v) is 4.94. The number of nitrogens with one attached hydrogen (secondary N) is 2. The first-order valence-electron chi connectivity index (χ1n) is 6.52. The van der Waals surface area contributed by atoms with Gasteiger partial charge in [0.2, 0.25) is 5.91 Å². The van der Waals surface area contributed by atoms with Gasteiger partial charge >= 0.3 is 0 Å². The van der Waals surface area contributed by atoms with Gasteiger partial charge in [-0.1, -0.05) is 25.1 Å². The van der Waals surface area contributed by atoms with Crippen molar-refractivity contribution in [1.29, 1.82) is 0 Å². The molecule has 104 valence electrons. The van der Waals surface area contributed by atoms with E-state index in [0.29, 0.717) is 13.1 Å². The SMILES string of the molecule is CC(CCNC(=O)C1CNc2ccccc21)S(C)=O. The van der Waals surface area contributed by atoms with Crippen molar-refractivity contribution >= 4 is 22.4 Å². The lowest BCUT2D eigenvalue weighted by molar-refractivity contribution is -0.122. The highest BCUT2D eigenvalue weighted by Crippen LogP contribution is 2.30. The lowest BCUT2D eigenvalue weighted by Crippen LogP contribution is -2.32. The van der Waals surface area contributed by atoms with Gasteiger partial charge in [0.05, 0.1) is 5.92 Å². The van der Waals surface area contributed by atoms with Crippen LogP contribution in [0, 0.1) is 0 Å². The first-order chi connectivity index (χ1) is 9.09. The fraction of sp³-hybridized carbons (Fsp3) is 0.500. The summed E-state index contributed by atoms with van der Waals surface area (Å²) in [6, 6.07) is 7.90. The van der Waals surface area contributed by atoms with Gasteiger partial charge in [-0.05, 0) is 18.1 Å². The average molecular weight is 280 g/mol. The van der Waals surface area contributed by atoms with Crippen molar-refractivity contribution in [2.24, 2.45) is 0 Å². The van der Waals surface area contributed by atoms with Gasteiger partial charge in [0, 0.05) is 41.1 Å². The predicted octanol–water partition coefficient (Wildman–Crippen LogP) is 1.47. The lowest BCUT2D eigenvalue weighted by atomic mass is 10.0. The molecule has 0 saturated carbocycles. The van der Waals surface area contributed by atoms with Crippen molar-refractivity contribution in [1.82, 2.24) is 5.32 Å². The Morgan fingerprint density at radius 2 is 2.26 bits per heavy atom. The molecule has 0 radical (unpaired) electrons. The van der Waals surface area contributed by atoms with Crippen LogP contribution in [0.2, 0.25) is 0 Å². The molecule has 1 aliphatic heterocycles. The van der Waals surface area contributed by atoms with E-state index in [2.05, 4.69) is 10.6 Å². The fourth-order valence-electron chi connectivity index (χ4n) is 2.21. The van der Waals surface area contributed by atoms with Crippen LogP contribution in [0.1, 0.15) is 24.8 Å². The smallest absolute Gasteiger partial charge is 0.229 e. The molecule has 0 fully saturated rings. The Morgan fingerprint density at radius 3 is 3.00 bits per heavy atom. The summed E-state index contributed by atoms with van der Waals surface area (Å²) in [5.74, 6) is -0.0647. The number of fused-ring (bicyclic) bond motifs is 1. The summed E-state index contributed by atoms with van der Waals surface area (Å²) in [6.45, 7) is 3.17. The largest absolute Gasteiger partial charge is 0.384 e. The van der Waals surface area contributed by atoms with Crippen molar-refractivity contribution < 1.29 is 9.00 Å². The molecule has 3 unspecified atom stereocenters. The van der Waals surface area contributed by atoms with Crippen molar-refractivity contribution in [3.8, 4) is 0 Å². The molecule has 0 bridgehead atoms. The lowest BCUT2D eigenvalue weighted by Gasteiger charge is -2.13. The summed E-state index contributed by atoms with van der Waals surface area (Å²) in [5, 5.41) is 6.30. The van der Waals surface area contributed by atoms with Crippen LogP contribution in [0.25, 0.3) is 0 Å². The molecule has 4 nitrogen and oxygen atoms in total. The van der Waals surface area contributed by atoms with Crippen LogP contribution in [0.15, 0.2) is 24.3 Å². The molecule has 3 atom stereocenters. The summed E-state index contributed by atoms with van der Waals surface area (Å²) in [4.78, 5) is 12.1. The highest BCUT2D eigenvalue weighted by molar-refractivity contribution is 7.84. The minimum absolute atomic E-state index is 0.0477. The van der Waals surface area contributed by atoms with Crippen molar-refractivity contribution in [2.75, 3.05) is 24.7 Å². The van der Waals surface area contributed by atoms with Crippen molar-refractivity contribution in [3.63, 3.8) is 0 Å². The molecule has 0 aliphatic carbocycles. The Hall–Kier alpha value is -1.36. The quantitative estimate of drug-likeness (QED) is 0.858. The maximum absolute atomic E-state index is 12.1. The maximum Gasteiger partial charge on any atom is 0.229 e. The van der Waals surface area contributed by atoms with E-state index >= 15 is 0 Å². The van der Waals surface area contributed by atoms with Gasteiger partial charge in [-0.3, -0.25) is 9.00 Å². The molecule has 5 heteroatoms. The standard InChI is InChI=1S/C14H20N2O2S/c1-10(19(2)18)7-8-15-14(17)12-9-16-13-6-4-3-5-11(12)13/h3-6,10,12,16H,7-9H2,1-2H3,(H,15,17). The molecule has 0 aromatic heterocycles. The molecule has 2 N–H and O–H groups in total. The molecule has 1 aliphatic rings. The van der Waals surface area contributed by atoms with Gasteiger partial charge < -0.3 is 10.6 Å². The Bertz CT molecular complexity index is 490. The molecular formula is C14H20N2O2S. The first-order valence-corrected chi connectivity index (χ1v) is 8.14. The number of hydrogen-bond donors (Lipinski definition) is 2. The molecule has 1 heterocycles. The zero-order valence-corrected chi connectivity index (χ0v) is 12.1. The zero-order chi connectivity index (χ0) is 13.8. The third-order valence-electron chi connectivity index (χ3n) is 3.57. The Labute approximate surface area is 116 Å². The van der Waals surface area contributed by atoms with Gasteiger partial charge in [-0.15, -0.1) is 0 Å². The van der Waals surface area contributed by atoms with Gasteiger partial charge in [-0.25, -0.2) is 0 Å². The number of carbonyl (C=O) groups excluding carboxylic acids is 1. The minimum Gasteiger partial charge on any atom is -0.384 e. The molecular weight excluding hydrogens is 260 g/mol. The van der Waals surface area contributed by atoms with Crippen LogP contribution >= 0.6 is 0 Å². The highest BCUT2D eigenvalue weighted by atomic mass is 32.2. The Balaban J connectivity index is 1.87. The molecule has 0 spiro atoms. The van der Waals surface area contributed by atoms with E-state index in [1.807, 2.05) is 31.2 Å². The number of hydrogen-bond acceptors (Lipinski definition) is 3.